The lowest BCUT2D eigenvalue weighted by atomic mass is 10.2. The van der Waals surface area contributed by atoms with Crippen molar-refractivity contribution in [2.75, 3.05) is 0 Å². The summed E-state index contributed by atoms with van der Waals surface area (Å²) in [6.07, 6.45) is 3.99. The van der Waals surface area contributed by atoms with Crippen LogP contribution in [0.5, 0.6) is 0 Å². The number of fused-ring (bicyclic) bond motifs is 1. The fraction of sp³-hybridized carbons (Fsp3) is 0.400. The van der Waals surface area contributed by atoms with Gasteiger partial charge >= 0.3 is 0 Å². The third-order valence-corrected chi connectivity index (χ3v) is 3.42. The summed E-state index contributed by atoms with van der Waals surface area (Å²) in [6, 6.07) is 7.67. The lowest BCUT2D eigenvalue weighted by molar-refractivity contribution is -0.121. The number of nitrogens with one attached hydrogen (secondary N) is 2. The van der Waals surface area contributed by atoms with Crippen molar-refractivity contribution in [3.8, 4) is 0 Å². The minimum absolute atomic E-state index is 0.0932. The second-order valence-electron chi connectivity index (χ2n) is 5.23. The van der Waals surface area contributed by atoms with Crippen molar-refractivity contribution < 1.29 is 4.79 Å². The molecule has 104 valence electrons. The highest BCUT2D eigenvalue weighted by Crippen LogP contribution is 2.18. The number of nitrogens with zero attached hydrogens (tertiary/aromatic N) is 1. The van der Waals surface area contributed by atoms with Gasteiger partial charge in [-0.2, -0.15) is 0 Å². The Labute approximate surface area is 116 Å². The van der Waals surface area contributed by atoms with Gasteiger partial charge in [0.2, 0.25) is 5.91 Å². The Morgan fingerprint density at radius 2 is 2.15 bits per heavy atom. The number of aromatic amines is 1. The summed E-state index contributed by atoms with van der Waals surface area (Å²) < 4.78 is 0. The number of carbonyl (C=O) groups is 1. The van der Waals surface area contributed by atoms with E-state index in [1.165, 1.54) is 0 Å². The minimum Gasteiger partial charge on any atom is -0.353 e. The number of aryl methyl sites for hydroxylation is 1. The van der Waals surface area contributed by atoms with Crippen LogP contribution in [0.1, 0.15) is 31.5 Å². The second-order valence-corrected chi connectivity index (χ2v) is 5.23. The molecule has 0 bridgehead atoms. The van der Waals surface area contributed by atoms with Crippen LogP contribution in [0, 0.1) is 0 Å². The Morgan fingerprint density at radius 1 is 1.35 bits per heavy atom. The number of hydrogen-bond acceptors (Lipinski definition) is 3. The van der Waals surface area contributed by atoms with E-state index in [0.717, 1.165) is 12.8 Å². The number of hydrogen-bond donors (Lipinski definition) is 2. The van der Waals surface area contributed by atoms with Gasteiger partial charge in [0, 0.05) is 18.9 Å². The second kappa shape index (κ2) is 5.45. The largest absolute Gasteiger partial charge is 0.353 e. The van der Waals surface area contributed by atoms with Crippen LogP contribution < -0.4 is 10.9 Å². The molecule has 1 aromatic heterocycles. The molecule has 2 N–H and O–H groups in total. The molecule has 20 heavy (non-hydrogen) atoms. The SMILES string of the molecule is O=C(CCCc1nc2ccccc2c(=O)[nH]1)NC1CC1. The van der Waals surface area contributed by atoms with Gasteiger partial charge in [-0.15, -0.1) is 0 Å². The van der Waals surface area contributed by atoms with Crippen molar-refractivity contribution in [3.05, 3.63) is 40.4 Å². The normalized spacial score (nSPS) is 14.4. The summed E-state index contributed by atoms with van der Waals surface area (Å²) in [5.74, 6) is 0.739. The Hall–Kier alpha value is -2.17. The lowest BCUT2D eigenvalue weighted by Crippen LogP contribution is -2.25. The molecule has 0 aliphatic heterocycles. The summed E-state index contributed by atoms with van der Waals surface area (Å²) >= 11 is 0. The van der Waals surface area contributed by atoms with Crippen LogP contribution in [0.3, 0.4) is 0 Å². The van der Waals surface area contributed by atoms with Crippen molar-refractivity contribution in [1.82, 2.24) is 15.3 Å². The molecular formula is C15H17N3O2. The minimum atomic E-state index is -0.118. The third-order valence-electron chi connectivity index (χ3n) is 3.42. The number of H-pyrrole nitrogens is 1. The van der Waals surface area contributed by atoms with Crippen LogP contribution in [0.25, 0.3) is 10.9 Å². The molecule has 5 heteroatoms. The molecule has 1 aromatic carbocycles. The average molecular weight is 271 g/mol. The molecule has 0 radical (unpaired) electrons. The van der Waals surface area contributed by atoms with Crippen LogP contribution in [-0.2, 0) is 11.2 Å². The smallest absolute Gasteiger partial charge is 0.258 e. The molecule has 0 unspecified atom stereocenters. The van der Waals surface area contributed by atoms with Gasteiger partial charge in [-0.25, -0.2) is 4.98 Å². The topological polar surface area (TPSA) is 74.8 Å². The molecule has 0 spiro atoms. The van der Waals surface area contributed by atoms with Gasteiger partial charge < -0.3 is 10.3 Å². The van der Waals surface area contributed by atoms with Crippen molar-refractivity contribution in [1.29, 1.82) is 0 Å². The van der Waals surface area contributed by atoms with Crippen LogP contribution in [0.4, 0.5) is 0 Å². The Morgan fingerprint density at radius 3 is 2.95 bits per heavy atom. The van der Waals surface area contributed by atoms with E-state index in [1.807, 2.05) is 18.2 Å². The number of aromatic nitrogens is 2. The number of amides is 1. The number of benzene rings is 1. The summed E-state index contributed by atoms with van der Waals surface area (Å²) in [5.41, 5.74) is 0.585. The van der Waals surface area contributed by atoms with Gasteiger partial charge in [0.1, 0.15) is 5.82 Å². The summed E-state index contributed by atoms with van der Waals surface area (Å²) in [7, 11) is 0. The van der Waals surface area contributed by atoms with Crippen LogP contribution in [0.15, 0.2) is 29.1 Å². The number of carbonyl (C=O) groups excluding carboxylic acids is 1. The first-order chi connectivity index (χ1) is 9.72. The third kappa shape index (κ3) is 3.04. The van der Waals surface area contributed by atoms with E-state index in [2.05, 4.69) is 15.3 Å². The maximum Gasteiger partial charge on any atom is 0.258 e. The number of rotatable bonds is 5. The maximum absolute atomic E-state index is 11.9. The highest BCUT2D eigenvalue weighted by molar-refractivity contribution is 5.77. The first-order valence-corrected chi connectivity index (χ1v) is 7.00. The lowest BCUT2D eigenvalue weighted by Gasteiger charge is -2.04. The van der Waals surface area contributed by atoms with E-state index >= 15 is 0 Å². The summed E-state index contributed by atoms with van der Waals surface area (Å²) in [5, 5.41) is 3.55. The standard InChI is InChI=1S/C15H17N3O2/c19-14(16-10-8-9-10)7-3-6-13-17-12-5-2-1-4-11(12)15(20)18-13/h1-2,4-5,10H,3,6-9H2,(H,16,19)(H,17,18,20). The molecular weight excluding hydrogens is 254 g/mol. The molecule has 1 heterocycles. The highest BCUT2D eigenvalue weighted by atomic mass is 16.1. The van der Waals surface area contributed by atoms with E-state index in [4.69, 9.17) is 0 Å². The zero-order valence-corrected chi connectivity index (χ0v) is 11.2. The molecule has 1 aliphatic carbocycles. The fourth-order valence-electron chi connectivity index (χ4n) is 2.20. The van der Waals surface area contributed by atoms with Gasteiger partial charge in [0.25, 0.3) is 5.56 Å². The Balaban J connectivity index is 1.62. The molecule has 0 atom stereocenters. The van der Waals surface area contributed by atoms with Gasteiger partial charge in [-0.3, -0.25) is 9.59 Å². The van der Waals surface area contributed by atoms with Crippen molar-refractivity contribution in [3.63, 3.8) is 0 Å². The van der Waals surface area contributed by atoms with E-state index in [9.17, 15) is 9.59 Å². The van der Waals surface area contributed by atoms with Gasteiger partial charge in [0.05, 0.1) is 10.9 Å². The molecule has 2 aromatic rings. The van der Waals surface area contributed by atoms with Gasteiger partial charge in [-0.05, 0) is 31.4 Å². The molecule has 3 rings (SSSR count). The predicted molar refractivity (Wildman–Crippen MR) is 76.5 cm³/mol. The molecule has 0 saturated heterocycles. The van der Waals surface area contributed by atoms with Gasteiger partial charge in [0.15, 0.2) is 0 Å². The van der Waals surface area contributed by atoms with Crippen LogP contribution >= 0.6 is 0 Å². The van der Waals surface area contributed by atoms with Crippen molar-refractivity contribution >= 4 is 16.8 Å². The monoisotopic (exact) mass is 271 g/mol. The van der Waals surface area contributed by atoms with Gasteiger partial charge in [-0.1, -0.05) is 12.1 Å². The first kappa shape index (κ1) is 12.8. The molecule has 1 amide bonds. The van der Waals surface area contributed by atoms with E-state index in [-0.39, 0.29) is 11.5 Å². The Kier molecular flexibility index (Phi) is 3.50. The quantitative estimate of drug-likeness (QED) is 0.866. The van der Waals surface area contributed by atoms with E-state index in [1.54, 1.807) is 6.07 Å². The fourth-order valence-corrected chi connectivity index (χ4v) is 2.20. The van der Waals surface area contributed by atoms with Crippen LogP contribution in [-0.4, -0.2) is 21.9 Å². The Bertz CT molecular complexity index is 689. The molecule has 1 fully saturated rings. The summed E-state index contributed by atoms with van der Waals surface area (Å²) in [4.78, 5) is 30.6. The summed E-state index contributed by atoms with van der Waals surface area (Å²) in [6.45, 7) is 0. The first-order valence-electron chi connectivity index (χ1n) is 7.00. The maximum atomic E-state index is 11.9. The van der Waals surface area contributed by atoms with Crippen molar-refractivity contribution in [2.24, 2.45) is 0 Å². The zero-order chi connectivity index (χ0) is 13.9. The predicted octanol–water partition coefficient (Wildman–Crippen LogP) is 1.52. The van der Waals surface area contributed by atoms with Crippen LogP contribution in [0.2, 0.25) is 0 Å². The van der Waals surface area contributed by atoms with E-state index in [0.29, 0.717) is 42.0 Å². The van der Waals surface area contributed by atoms with E-state index < -0.39 is 0 Å². The zero-order valence-electron chi connectivity index (χ0n) is 11.2. The molecule has 5 nitrogen and oxygen atoms in total. The molecule has 1 saturated carbocycles. The van der Waals surface area contributed by atoms with Crippen molar-refractivity contribution in [2.45, 2.75) is 38.1 Å². The number of para-hydroxylation sites is 1. The average Bonchev–Trinajstić information content (AvgIpc) is 3.23. The highest BCUT2D eigenvalue weighted by Gasteiger charge is 2.22. The molecule has 1 aliphatic rings.